The van der Waals surface area contributed by atoms with Gasteiger partial charge in [-0.2, -0.15) is 0 Å². The lowest BCUT2D eigenvalue weighted by molar-refractivity contribution is -0.207. The Balaban J connectivity index is 2.48. The van der Waals surface area contributed by atoms with Gasteiger partial charge in [-0.05, 0) is 24.8 Å². The van der Waals surface area contributed by atoms with Gasteiger partial charge in [-0.3, -0.25) is 0 Å². The molecule has 0 bridgehead atoms. The van der Waals surface area contributed by atoms with Crippen LogP contribution in [0.15, 0.2) is 42.5 Å². The van der Waals surface area contributed by atoms with E-state index in [1.807, 2.05) is 42.5 Å². The largest absolute Gasteiger partial charge is 0.823 e. The summed E-state index contributed by atoms with van der Waals surface area (Å²) in [5.74, 6) is 2.02. The average Bonchev–Trinajstić information content (AvgIpc) is 2.71. The zero-order valence-corrected chi connectivity index (χ0v) is 17.3. The fraction of sp³-hybridized carbons (Fsp3) is 0.409. The molecular formula is C22H28O4P-. The molecule has 0 unspecified atom stereocenters. The third kappa shape index (κ3) is 6.57. The Hall–Kier alpha value is -2.03. The van der Waals surface area contributed by atoms with E-state index in [0.29, 0.717) is 50.8 Å². The Morgan fingerprint density at radius 2 is 1.33 bits per heavy atom. The van der Waals surface area contributed by atoms with Crippen LogP contribution in [0.1, 0.15) is 45.6 Å². The fourth-order valence-electron chi connectivity index (χ4n) is 2.36. The van der Waals surface area contributed by atoms with E-state index >= 15 is 0 Å². The Morgan fingerprint density at radius 3 is 1.85 bits per heavy atom. The molecule has 146 valence electrons. The molecule has 4 nitrogen and oxygen atoms in total. The van der Waals surface area contributed by atoms with E-state index in [-0.39, 0.29) is 5.48 Å². The highest BCUT2D eigenvalue weighted by atomic mass is 31.1. The lowest BCUT2D eigenvalue weighted by Crippen LogP contribution is -2.19. The second kappa shape index (κ2) is 11.6. The van der Waals surface area contributed by atoms with Gasteiger partial charge in [0.1, 0.15) is 17.2 Å². The second-order valence-electron chi connectivity index (χ2n) is 6.10. The average molecular weight is 387 g/mol. The van der Waals surface area contributed by atoms with Crippen molar-refractivity contribution < 1.29 is 19.3 Å². The number of hydrogen-bond acceptors (Lipinski definition) is 4. The van der Waals surface area contributed by atoms with E-state index in [4.69, 9.17) is 14.2 Å². The number of benzene rings is 2. The van der Waals surface area contributed by atoms with Crippen LogP contribution in [0.2, 0.25) is 0 Å². The van der Waals surface area contributed by atoms with Gasteiger partial charge >= 0.3 is 0 Å². The van der Waals surface area contributed by atoms with Gasteiger partial charge in [0.2, 0.25) is 0 Å². The molecule has 2 aromatic rings. The summed E-state index contributed by atoms with van der Waals surface area (Å²) in [5.41, 5.74) is 0.689. The third-order valence-corrected chi connectivity index (χ3v) is 4.77. The first-order chi connectivity index (χ1) is 13.2. The highest BCUT2D eigenvalue weighted by molar-refractivity contribution is 7.49. The standard InChI is InChI=1S/C22H29O4P/c1-4-12-24-18-15-19(25-13-5-2)21(20(16-18)26-14-6-3)27-22(23)17-10-8-7-9-11-17/h7-11,15-16,23H,4-6,12-14H2,1-3H3/p-1. The minimum Gasteiger partial charge on any atom is -0.823 e. The van der Waals surface area contributed by atoms with Crippen molar-refractivity contribution in [1.82, 2.24) is 0 Å². The Bertz CT molecular complexity index is 699. The lowest BCUT2D eigenvalue weighted by atomic mass is 10.2. The summed E-state index contributed by atoms with van der Waals surface area (Å²) in [4.78, 5) is 0. The Kier molecular flexibility index (Phi) is 9.17. The van der Waals surface area contributed by atoms with Crippen molar-refractivity contribution in [3.8, 4) is 17.2 Å². The van der Waals surface area contributed by atoms with Crippen LogP contribution < -0.4 is 24.6 Å². The van der Waals surface area contributed by atoms with Crippen LogP contribution in [-0.2, 0) is 0 Å². The first-order valence-corrected chi connectivity index (χ1v) is 10.5. The van der Waals surface area contributed by atoms with Crippen LogP contribution in [0.3, 0.4) is 0 Å². The quantitative estimate of drug-likeness (QED) is 0.543. The second-order valence-corrected chi connectivity index (χ2v) is 7.17. The number of hydrogen-bond donors (Lipinski definition) is 0. The summed E-state index contributed by atoms with van der Waals surface area (Å²) in [6.45, 7) is 7.95. The smallest absolute Gasteiger partial charge is 0.138 e. The van der Waals surface area contributed by atoms with E-state index < -0.39 is 0 Å². The highest BCUT2D eigenvalue weighted by Crippen LogP contribution is 2.31. The molecule has 0 amide bonds. The molecule has 0 radical (unpaired) electrons. The summed E-state index contributed by atoms with van der Waals surface area (Å²) >= 11 is 0. The van der Waals surface area contributed by atoms with Crippen molar-refractivity contribution in [1.29, 1.82) is 0 Å². The summed E-state index contributed by atoms with van der Waals surface area (Å²) in [6, 6.07) is 13.0. The number of rotatable bonds is 11. The molecule has 0 atom stereocenters. The van der Waals surface area contributed by atoms with Gasteiger partial charge in [-0.15, -0.1) is 5.48 Å². The Morgan fingerprint density at radius 1 is 0.815 bits per heavy atom. The summed E-state index contributed by atoms with van der Waals surface area (Å²) in [5, 5.41) is 13.5. The molecule has 0 saturated carbocycles. The Labute approximate surface area is 163 Å². The maximum Gasteiger partial charge on any atom is 0.138 e. The van der Waals surface area contributed by atoms with Gasteiger partial charge in [-0.25, -0.2) is 0 Å². The van der Waals surface area contributed by atoms with E-state index in [0.717, 1.165) is 24.6 Å². The van der Waals surface area contributed by atoms with Crippen molar-refractivity contribution in [2.75, 3.05) is 19.8 Å². The van der Waals surface area contributed by atoms with Crippen LogP contribution in [0.5, 0.6) is 17.2 Å². The van der Waals surface area contributed by atoms with Gasteiger partial charge in [0.05, 0.1) is 25.1 Å². The van der Waals surface area contributed by atoms with E-state index in [9.17, 15) is 5.11 Å². The summed E-state index contributed by atoms with van der Waals surface area (Å²) in [6.07, 6.45) is 2.69. The van der Waals surface area contributed by atoms with Gasteiger partial charge in [0.25, 0.3) is 0 Å². The van der Waals surface area contributed by atoms with Gasteiger partial charge in [-0.1, -0.05) is 59.3 Å². The van der Waals surface area contributed by atoms with Crippen molar-refractivity contribution >= 4 is 19.0 Å². The monoisotopic (exact) mass is 387 g/mol. The normalized spacial score (nSPS) is 11.3. The zero-order valence-electron chi connectivity index (χ0n) is 16.4. The van der Waals surface area contributed by atoms with E-state index in [1.54, 1.807) is 0 Å². The topological polar surface area (TPSA) is 50.8 Å². The third-order valence-electron chi connectivity index (χ3n) is 3.64. The highest BCUT2D eigenvalue weighted by Gasteiger charge is 2.14. The van der Waals surface area contributed by atoms with Crippen LogP contribution in [0, 0.1) is 0 Å². The molecule has 0 aliphatic heterocycles. The fourth-order valence-corrected chi connectivity index (χ4v) is 3.32. The summed E-state index contributed by atoms with van der Waals surface area (Å²) < 4.78 is 17.7. The molecule has 27 heavy (non-hydrogen) atoms. The predicted octanol–water partition coefficient (Wildman–Crippen LogP) is 4.16. The SMILES string of the molecule is CCCOc1cc(OCCC)c(P=C([O-])c2ccccc2)c(OCCC)c1. The van der Waals surface area contributed by atoms with Gasteiger partial charge < -0.3 is 19.3 Å². The molecule has 0 saturated heterocycles. The van der Waals surface area contributed by atoms with Crippen LogP contribution in [0.4, 0.5) is 0 Å². The summed E-state index contributed by atoms with van der Waals surface area (Å²) in [7, 11) is 0.535. The first-order valence-electron chi connectivity index (χ1n) is 9.57. The molecule has 0 spiro atoms. The van der Waals surface area contributed by atoms with Gasteiger partial charge in [0, 0.05) is 12.1 Å². The first kappa shape index (κ1) is 21.3. The minimum atomic E-state index is 0.0144. The lowest BCUT2D eigenvalue weighted by Gasteiger charge is -2.19. The molecule has 2 aromatic carbocycles. The maximum atomic E-state index is 12.8. The minimum absolute atomic E-state index is 0.0144. The van der Waals surface area contributed by atoms with Crippen LogP contribution >= 0.6 is 8.20 Å². The van der Waals surface area contributed by atoms with Crippen LogP contribution in [0.25, 0.3) is 0 Å². The predicted molar refractivity (Wildman–Crippen MR) is 111 cm³/mol. The molecule has 0 aliphatic carbocycles. The van der Waals surface area contributed by atoms with E-state index in [1.165, 1.54) is 0 Å². The van der Waals surface area contributed by atoms with E-state index in [2.05, 4.69) is 20.8 Å². The van der Waals surface area contributed by atoms with Crippen molar-refractivity contribution in [3.05, 3.63) is 48.0 Å². The zero-order chi connectivity index (χ0) is 19.5. The van der Waals surface area contributed by atoms with Crippen molar-refractivity contribution in [2.45, 2.75) is 40.0 Å². The van der Waals surface area contributed by atoms with Crippen LogP contribution in [-0.4, -0.2) is 25.3 Å². The van der Waals surface area contributed by atoms with Gasteiger partial charge in [0.15, 0.2) is 0 Å². The molecule has 2 rings (SSSR count). The molecule has 0 aliphatic rings. The molecule has 0 fully saturated rings. The maximum absolute atomic E-state index is 12.8. The molecule has 0 heterocycles. The molecule has 0 aromatic heterocycles. The number of ether oxygens (including phenoxy) is 3. The molecular weight excluding hydrogens is 359 g/mol. The molecule has 5 heteroatoms. The van der Waals surface area contributed by atoms with Crippen molar-refractivity contribution in [3.63, 3.8) is 0 Å². The molecule has 0 N–H and O–H groups in total. The van der Waals surface area contributed by atoms with Crippen molar-refractivity contribution in [2.24, 2.45) is 0 Å².